The van der Waals surface area contributed by atoms with Gasteiger partial charge in [0.15, 0.2) is 11.6 Å². The lowest BCUT2D eigenvalue weighted by atomic mass is 9.86. The Balaban J connectivity index is 1.04. The maximum absolute atomic E-state index is 15.7. The standard InChI is InChI=1S/C41H46Cl2F2N8O3/c1-26(54)52-18-11-29(12-19-52)48-22-27-9-16-47-39(37(27)45)49-33-5-3-4-31(35(33)42)38-36(43)30(10-17-46-38)32-7-6-28(40(50-32)56-2)23-51-20-13-41(24-51)14-21-53(25-41)34(55)8-15-44/h3-7,9-10,16-17,29,48H,8,11-15,18-25H2,1-2H3,(H,47,49)/t41-/m1/s1. The Kier molecular flexibility index (Phi) is 12.3. The normalized spacial score (nSPS) is 18.9. The average Bonchev–Trinajstić information content (AvgIpc) is 3.81. The summed E-state index contributed by atoms with van der Waals surface area (Å²) in [5, 5.41) is 7.13. The SMILES string of the molecule is COc1nc(-c2ccnc(-c3cccc(Nc4nccc(CNC5CCN(C(C)=O)CC5)c4F)c3Cl)c2Cl)ccc1CN1CC[C@@]2(CCN(C(=O)CCF)C2)C1. The van der Waals surface area contributed by atoms with E-state index in [0.29, 0.717) is 89.0 Å². The lowest BCUT2D eigenvalue weighted by molar-refractivity contribution is -0.131. The molecule has 1 spiro atoms. The summed E-state index contributed by atoms with van der Waals surface area (Å²) in [6, 6.07) is 12.8. The molecule has 3 aliphatic rings. The highest BCUT2D eigenvalue weighted by Crippen LogP contribution is 2.43. The van der Waals surface area contributed by atoms with Gasteiger partial charge >= 0.3 is 0 Å². The van der Waals surface area contributed by atoms with Crippen LogP contribution in [0.4, 0.5) is 20.3 Å². The number of carbonyl (C=O) groups is 2. The first kappa shape index (κ1) is 39.8. The van der Waals surface area contributed by atoms with Crippen molar-refractivity contribution in [3.8, 4) is 28.4 Å². The van der Waals surface area contributed by atoms with E-state index in [-0.39, 0.29) is 35.5 Å². The van der Waals surface area contributed by atoms with E-state index in [1.165, 1.54) is 0 Å². The molecule has 56 heavy (non-hydrogen) atoms. The van der Waals surface area contributed by atoms with Crippen molar-refractivity contribution in [1.82, 2.24) is 35.0 Å². The van der Waals surface area contributed by atoms with E-state index in [1.807, 2.05) is 21.9 Å². The molecule has 2 N–H and O–H groups in total. The van der Waals surface area contributed by atoms with E-state index < -0.39 is 12.5 Å². The second-order valence-electron chi connectivity index (χ2n) is 14.9. The van der Waals surface area contributed by atoms with Crippen LogP contribution in [-0.2, 0) is 22.7 Å². The minimum atomic E-state index is -0.622. The molecular formula is C41H46Cl2F2N8O3. The highest BCUT2D eigenvalue weighted by Gasteiger charge is 2.44. The summed E-state index contributed by atoms with van der Waals surface area (Å²) in [5.41, 5.74) is 4.07. The van der Waals surface area contributed by atoms with Crippen molar-refractivity contribution in [3.05, 3.63) is 81.8 Å². The number of carbonyl (C=O) groups excluding carboxylic acids is 2. The molecule has 2 amide bonds. The largest absolute Gasteiger partial charge is 0.481 e. The molecule has 6 heterocycles. The first-order chi connectivity index (χ1) is 27.1. The molecule has 1 atom stereocenters. The molecule has 7 rings (SSSR count). The Morgan fingerprint density at radius 3 is 2.48 bits per heavy atom. The smallest absolute Gasteiger partial charge is 0.225 e. The van der Waals surface area contributed by atoms with Gasteiger partial charge in [-0.3, -0.25) is 23.9 Å². The summed E-state index contributed by atoms with van der Waals surface area (Å²) < 4.78 is 34.3. The Morgan fingerprint density at radius 2 is 1.71 bits per heavy atom. The lowest BCUT2D eigenvalue weighted by Gasteiger charge is -2.31. The molecule has 1 aromatic carbocycles. The van der Waals surface area contributed by atoms with E-state index in [1.54, 1.807) is 56.8 Å². The monoisotopic (exact) mass is 806 g/mol. The van der Waals surface area contributed by atoms with Crippen molar-refractivity contribution in [2.45, 2.75) is 58.2 Å². The molecule has 3 saturated heterocycles. The highest BCUT2D eigenvalue weighted by atomic mass is 35.5. The van der Waals surface area contributed by atoms with Gasteiger partial charge in [-0.2, -0.15) is 0 Å². The average molecular weight is 808 g/mol. The van der Waals surface area contributed by atoms with E-state index >= 15 is 4.39 Å². The van der Waals surface area contributed by atoms with Crippen LogP contribution in [0.2, 0.25) is 10.0 Å². The van der Waals surface area contributed by atoms with Crippen LogP contribution in [0.25, 0.3) is 22.5 Å². The summed E-state index contributed by atoms with van der Waals surface area (Å²) in [6.07, 6.45) is 6.67. The zero-order valence-electron chi connectivity index (χ0n) is 31.6. The van der Waals surface area contributed by atoms with E-state index in [0.717, 1.165) is 44.3 Å². The summed E-state index contributed by atoms with van der Waals surface area (Å²) in [5.74, 6) is 0.00799. The first-order valence-corrected chi connectivity index (χ1v) is 19.8. The number of amides is 2. The van der Waals surface area contributed by atoms with Gasteiger partial charge in [-0.05, 0) is 56.5 Å². The van der Waals surface area contributed by atoms with Crippen LogP contribution < -0.4 is 15.4 Å². The number of methoxy groups -OCH3 is 1. The molecule has 3 fully saturated rings. The molecule has 3 aromatic heterocycles. The van der Waals surface area contributed by atoms with Crippen LogP contribution >= 0.6 is 23.2 Å². The van der Waals surface area contributed by atoms with Gasteiger partial charge in [0.2, 0.25) is 17.7 Å². The minimum Gasteiger partial charge on any atom is -0.481 e. The zero-order valence-corrected chi connectivity index (χ0v) is 33.1. The van der Waals surface area contributed by atoms with Crippen LogP contribution in [-0.4, -0.2) is 101 Å². The third-order valence-electron chi connectivity index (χ3n) is 11.3. The summed E-state index contributed by atoms with van der Waals surface area (Å²) >= 11 is 14.0. The number of nitrogens with one attached hydrogen (secondary N) is 2. The van der Waals surface area contributed by atoms with Crippen molar-refractivity contribution in [3.63, 3.8) is 0 Å². The molecule has 296 valence electrons. The van der Waals surface area contributed by atoms with Crippen LogP contribution in [0.5, 0.6) is 5.88 Å². The molecular weight excluding hydrogens is 761 g/mol. The Hall–Kier alpha value is -4.43. The molecule has 0 bridgehead atoms. The number of benzene rings is 1. The fourth-order valence-corrected chi connectivity index (χ4v) is 8.74. The van der Waals surface area contributed by atoms with Crippen molar-refractivity contribution in [1.29, 1.82) is 0 Å². The van der Waals surface area contributed by atoms with Crippen molar-refractivity contribution < 1.29 is 23.1 Å². The van der Waals surface area contributed by atoms with Gasteiger partial charge < -0.3 is 25.2 Å². The fourth-order valence-electron chi connectivity index (χ4n) is 8.17. The number of hydrogen-bond acceptors (Lipinski definition) is 9. The zero-order chi connectivity index (χ0) is 39.4. The molecule has 15 heteroatoms. The first-order valence-electron chi connectivity index (χ1n) is 19.0. The van der Waals surface area contributed by atoms with E-state index in [2.05, 4.69) is 25.5 Å². The third kappa shape index (κ3) is 8.61. The molecule has 0 radical (unpaired) electrons. The maximum Gasteiger partial charge on any atom is 0.225 e. The molecule has 11 nitrogen and oxygen atoms in total. The van der Waals surface area contributed by atoms with Crippen molar-refractivity contribution >= 4 is 46.5 Å². The fraction of sp³-hybridized carbons (Fsp3) is 0.439. The molecule has 0 unspecified atom stereocenters. The number of nitrogens with zero attached hydrogens (tertiary/aromatic N) is 6. The van der Waals surface area contributed by atoms with Gasteiger partial charge in [0, 0.05) is 98.8 Å². The van der Waals surface area contributed by atoms with Gasteiger partial charge in [-0.15, -0.1) is 0 Å². The predicted octanol–water partition coefficient (Wildman–Crippen LogP) is 7.29. The second kappa shape index (κ2) is 17.4. The Morgan fingerprint density at radius 1 is 0.929 bits per heavy atom. The van der Waals surface area contributed by atoms with Gasteiger partial charge in [0.25, 0.3) is 0 Å². The van der Waals surface area contributed by atoms with Gasteiger partial charge in [0.05, 0.1) is 47.3 Å². The molecule has 3 aliphatic heterocycles. The number of rotatable bonds is 12. The number of aromatic nitrogens is 3. The summed E-state index contributed by atoms with van der Waals surface area (Å²) in [4.78, 5) is 43.7. The molecule has 0 aliphatic carbocycles. The number of ether oxygens (including phenoxy) is 1. The quantitative estimate of drug-likeness (QED) is 0.152. The number of halogens is 4. The number of hydrogen-bond donors (Lipinski definition) is 2. The maximum atomic E-state index is 15.7. The Bertz CT molecular complexity index is 2080. The van der Waals surface area contributed by atoms with E-state index in [4.69, 9.17) is 32.9 Å². The van der Waals surface area contributed by atoms with Crippen LogP contribution in [0.1, 0.15) is 50.2 Å². The van der Waals surface area contributed by atoms with Crippen LogP contribution in [0.3, 0.4) is 0 Å². The van der Waals surface area contributed by atoms with Gasteiger partial charge in [0.1, 0.15) is 0 Å². The number of likely N-dealkylation sites (tertiary alicyclic amines) is 3. The lowest BCUT2D eigenvalue weighted by Crippen LogP contribution is -2.44. The molecule has 4 aromatic rings. The summed E-state index contributed by atoms with van der Waals surface area (Å²) in [6.45, 7) is 6.37. The number of alkyl halides is 1. The second-order valence-corrected chi connectivity index (χ2v) is 15.7. The number of pyridine rings is 3. The van der Waals surface area contributed by atoms with Crippen LogP contribution in [0.15, 0.2) is 54.9 Å². The van der Waals surface area contributed by atoms with Gasteiger partial charge in [-0.1, -0.05) is 41.4 Å². The Labute approximate surface area is 335 Å². The molecule has 0 saturated carbocycles. The highest BCUT2D eigenvalue weighted by molar-refractivity contribution is 6.39. The number of piperidine rings is 1. The summed E-state index contributed by atoms with van der Waals surface area (Å²) in [7, 11) is 1.59. The number of anilines is 2. The topological polar surface area (TPSA) is 116 Å². The predicted molar refractivity (Wildman–Crippen MR) is 213 cm³/mol. The third-order valence-corrected chi connectivity index (χ3v) is 12.1. The van der Waals surface area contributed by atoms with Crippen molar-refractivity contribution in [2.24, 2.45) is 5.41 Å². The van der Waals surface area contributed by atoms with Crippen molar-refractivity contribution in [2.75, 3.05) is 58.4 Å². The minimum absolute atomic E-state index is 0.0325. The van der Waals surface area contributed by atoms with Gasteiger partial charge in [-0.25, -0.2) is 14.4 Å². The van der Waals surface area contributed by atoms with Crippen LogP contribution in [0, 0.1) is 11.2 Å². The van der Waals surface area contributed by atoms with E-state index in [9.17, 15) is 14.0 Å².